The summed E-state index contributed by atoms with van der Waals surface area (Å²) in [5, 5.41) is 0.338. The lowest BCUT2D eigenvalue weighted by molar-refractivity contribution is 0.279. The van der Waals surface area contributed by atoms with Crippen LogP contribution in [0, 0.1) is 0 Å². The summed E-state index contributed by atoms with van der Waals surface area (Å²) in [7, 11) is -1.52. The summed E-state index contributed by atoms with van der Waals surface area (Å²) in [4.78, 5) is 0. The highest BCUT2D eigenvalue weighted by molar-refractivity contribution is 8.22. The van der Waals surface area contributed by atoms with E-state index in [1.54, 1.807) is 4.24 Å². The van der Waals surface area contributed by atoms with Crippen molar-refractivity contribution in [3.8, 4) is 0 Å². The molecule has 0 aromatic carbocycles. The van der Waals surface area contributed by atoms with E-state index in [1.807, 2.05) is 23.5 Å². The molecule has 112 valence electrons. The van der Waals surface area contributed by atoms with Crippen molar-refractivity contribution in [3.05, 3.63) is 10.3 Å². The standard InChI is InChI=1S/C15H30OS2Si/c1-15(2,3)19(4,5)16-11-8-6-7-10-14-17-12-9-13-18-14/h10H,6-9,11-13H2,1-5H3. The van der Waals surface area contributed by atoms with Gasteiger partial charge < -0.3 is 4.43 Å². The van der Waals surface area contributed by atoms with E-state index in [1.165, 1.54) is 37.2 Å². The fourth-order valence-electron chi connectivity index (χ4n) is 1.57. The molecule has 4 heteroatoms. The number of hydrogen-bond acceptors (Lipinski definition) is 3. The van der Waals surface area contributed by atoms with Gasteiger partial charge in [0.1, 0.15) is 0 Å². The van der Waals surface area contributed by atoms with E-state index in [2.05, 4.69) is 39.9 Å². The van der Waals surface area contributed by atoms with Gasteiger partial charge in [-0.2, -0.15) is 0 Å². The van der Waals surface area contributed by atoms with Gasteiger partial charge in [0.05, 0.1) is 0 Å². The van der Waals surface area contributed by atoms with E-state index in [-0.39, 0.29) is 0 Å². The molecular formula is C15H30OS2Si. The minimum atomic E-state index is -1.52. The molecule has 0 N–H and O–H groups in total. The average Bonchev–Trinajstić information content (AvgIpc) is 2.33. The zero-order valence-electron chi connectivity index (χ0n) is 13.3. The molecule has 0 aromatic heterocycles. The molecule has 1 aliphatic rings. The van der Waals surface area contributed by atoms with E-state index in [0.717, 1.165) is 6.61 Å². The molecule has 19 heavy (non-hydrogen) atoms. The van der Waals surface area contributed by atoms with Crippen molar-refractivity contribution in [3.63, 3.8) is 0 Å². The number of thioether (sulfide) groups is 2. The Hall–Kier alpha value is 0.617. The Balaban J connectivity index is 2.11. The molecule has 1 heterocycles. The smallest absolute Gasteiger partial charge is 0.191 e. The van der Waals surface area contributed by atoms with Crippen LogP contribution in [0.25, 0.3) is 0 Å². The second-order valence-corrected chi connectivity index (χ2v) is 14.0. The molecule has 0 bridgehead atoms. The molecule has 1 aliphatic heterocycles. The average molecular weight is 319 g/mol. The van der Waals surface area contributed by atoms with Gasteiger partial charge in [0, 0.05) is 10.8 Å². The van der Waals surface area contributed by atoms with Crippen molar-refractivity contribution >= 4 is 31.8 Å². The third-order valence-corrected chi connectivity index (χ3v) is 11.1. The first kappa shape index (κ1) is 17.7. The van der Waals surface area contributed by atoms with Crippen molar-refractivity contribution in [1.29, 1.82) is 0 Å². The van der Waals surface area contributed by atoms with Crippen LogP contribution in [0.3, 0.4) is 0 Å². The van der Waals surface area contributed by atoms with Crippen LogP contribution < -0.4 is 0 Å². The second kappa shape index (κ2) is 8.16. The number of hydrogen-bond donors (Lipinski definition) is 0. The summed E-state index contributed by atoms with van der Waals surface area (Å²) in [6, 6.07) is 0. The molecule has 0 aromatic rings. The van der Waals surface area contributed by atoms with Gasteiger partial charge >= 0.3 is 0 Å². The normalized spacial score (nSPS) is 17.6. The molecule has 0 radical (unpaired) electrons. The molecule has 1 rings (SSSR count). The molecular weight excluding hydrogens is 288 g/mol. The van der Waals surface area contributed by atoms with Gasteiger partial charge in [-0.05, 0) is 55.3 Å². The maximum absolute atomic E-state index is 6.19. The van der Waals surface area contributed by atoms with E-state index in [9.17, 15) is 0 Å². The molecule has 0 amide bonds. The summed E-state index contributed by atoms with van der Waals surface area (Å²) in [6.45, 7) is 12.5. The van der Waals surface area contributed by atoms with Gasteiger partial charge in [0.2, 0.25) is 0 Å². The van der Waals surface area contributed by atoms with Crippen molar-refractivity contribution in [2.24, 2.45) is 0 Å². The van der Waals surface area contributed by atoms with Crippen LogP contribution in [0.5, 0.6) is 0 Å². The van der Waals surface area contributed by atoms with E-state index < -0.39 is 8.32 Å². The number of allylic oxidation sites excluding steroid dienone is 1. The lowest BCUT2D eigenvalue weighted by atomic mass is 10.2. The van der Waals surface area contributed by atoms with Crippen LogP contribution in [0.15, 0.2) is 10.3 Å². The van der Waals surface area contributed by atoms with E-state index in [0.29, 0.717) is 5.04 Å². The van der Waals surface area contributed by atoms with E-state index in [4.69, 9.17) is 4.43 Å². The zero-order valence-corrected chi connectivity index (χ0v) is 15.9. The molecule has 0 saturated carbocycles. The molecule has 1 saturated heterocycles. The van der Waals surface area contributed by atoms with Crippen LogP contribution in [0.2, 0.25) is 18.1 Å². The lowest BCUT2D eigenvalue weighted by Crippen LogP contribution is -2.40. The summed E-state index contributed by atoms with van der Waals surface area (Å²) < 4.78 is 7.75. The highest BCUT2D eigenvalue weighted by Gasteiger charge is 2.36. The Morgan fingerprint density at radius 1 is 1.16 bits per heavy atom. The van der Waals surface area contributed by atoms with Crippen LogP contribution in [-0.2, 0) is 4.43 Å². The van der Waals surface area contributed by atoms with Crippen LogP contribution in [0.1, 0.15) is 46.5 Å². The van der Waals surface area contributed by atoms with Crippen molar-refractivity contribution in [2.45, 2.75) is 64.6 Å². The first-order valence-electron chi connectivity index (χ1n) is 7.43. The predicted molar refractivity (Wildman–Crippen MR) is 94.6 cm³/mol. The molecule has 0 atom stereocenters. The van der Waals surface area contributed by atoms with Gasteiger partial charge in [-0.1, -0.05) is 26.8 Å². The Kier molecular flexibility index (Phi) is 7.58. The number of rotatable bonds is 6. The Morgan fingerprint density at radius 2 is 1.79 bits per heavy atom. The van der Waals surface area contributed by atoms with Crippen molar-refractivity contribution in [1.82, 2.24) is 0 Å². The maximum atomic E-state index is 6.19. The monoisotopic (exact) mass is 318 g/mol. The largest absolute Gasteiger partial charge is 0.417 e. The first-order chi connectivity index (χ1) is 8.83. The van der Waals surface area contributed by atoms with Gasteiger partial charge in [-0.25, -0.2) is 0 Å². The third kappa shape index (κ3) is 6.74. The molecule has 1 nitrogen and oxygen atoms in total. The summed E-state index contributed by atoms with van der Waals surface area (Å²) in [6.07, 6.45) is 7.48. The van der Waals surface area contributed by atoms with Gasteiger partial charge in [0.15, 0.2) is 8.32 Å². The highest BCUT2D eigenvalue weighted by atomic mass is 32.2. The van der Waals surface area contributed by atoms with Gasteiger partial charge in [-0.3, -0.25) is 0 Å². The summed E-state index contributed by atoms with van der Waals surface area (Å²) in [5.74, 6) is 2.63. The number of unbranched alkanes of at least 4 members (excludes halogenated alkanes) is 2. The second-order valence-electron chi connectivity index (χ2n) is 6.68. The summed E-state index contributed by atoms with van der Waals surface area (Å²) >= 11 is 4.07. The van der Waals surface area contributed by atoms with Crippen LogP contribution in [0.4, 0.5) is 0 Å². The molecule has 0 spiro atoms. The minimum Gasteiger partial charge on any atom is -0.417 e. The van der Waals surface area contributed by atoms with Gasteiger partial charge in [0.25, 0.3) is 0 Å². The maximum Gasteiger partial charge on any atom is 0.191 e. The van der Waals surface area contributed by atoms with Crippen molar-refractivity contribution in [2.75, 3.05) is 18.1 Å². The quantitative estimate of drug-likeness (QED) is 0.446. The molecule has 0 unspecified atom stereocenters. The zero-order chi connectivity index (χ0) is 14.4. The first-order valence-corrected chi connectivity index (χ1v) is 12.3. The lowest BCUT2D eigenvalue weighted by Gasteiger charge is -2.36. The van der Waals surface area contributed by atoms with E-state index >= 15 is 0 Å². The topological polar surface area (TPSA) is 9.23 Å². The Bertz CT molecular complexity index is 287. The minimum absolute atomic E-state index is 0.338. The third-order valence-electron chi connectivity index (χ3n) is 3.96. The predicted octanol–water partition coefficient (Wildman–Crippen LogP) is 5.89. The highest BCUT2D eigenvalue weighted by Crippen LogP contribution is 2.37. The van der Waals surface area contributed by atoms with Crippen molar-refractivity contribution < 1.29 is 4.43 Å². The van der Waals surface area contributed by atoms with Gasteiger partial charge in [-0.15, -0.1) is 23.5 Å². The Morgan fingerprint density at radius 3 is 2.37 bits per heavy atom. The van der Waals surface area contributed by atoms with Crippen LogP contribution in [-0.4, -0.2) is 26.4 Å². The van der Waals surface area contributed by atoms with Crippen LogP contribution >= 0.6 is 23.5 Å². The molecule has 0 aliphatic carbocycles. The fraction of sp³-hybridized carbons (Fsp3) is 0.867. The SMILES string of the molecule is CC(C)(C)[Si](C)(C)OCCCCC=C1SCCCS1. The summed E-state index contributed by atoms with van der Waals surface area (Å²) in [5.41, 5.74) is 0. The Labute approximate surface area is 129 Å². The fourth-order valence-corrected chi connectivity index (χ4v) is 5.13. The molecule has 1 fully saturated rings.